The van der Waals surface area contributed by atoms with Crippen molar-refractivity contribution in [2.75, 3.05) is 13.1 Å². The van der Waals surface area contributed by atoms with Crippen LogP contribution in [-0.2, 0) is 21.4 Å². The number of ether oxygens (including phenoxy) is 1. The summed E-state index contributed by atoms with van der Waals surface area (Å²) in [7, 11) is -3.81. The summed E-state index contributed by atoms with van der Waals surface area (Å²) < 4.78 is 37.4. The van der Waals surface area contributed by atoms with E-state index >= 15 is 0 Å². The van der Waals surface area contributed by atoms with Gasteiger partial charge in [-0.05, 0) is 29.6 Å². The normalized spacial score (nSPS) is 11.7. The highest BCUT2D eigenvalue weighted by Gasteiger charge is 2.26. The smallest absolute Gasteiger partial charge is 0.338 e. The molecule has 0 aliphatic rings. The number of oxazole rings is 1. The first-order chi connectivity index (χ1) is 13.9. The monoisotopic (exact) mass is 454 g/mol. The van der Waals surface area contributed by atoms with Crippen LogP contribution in [0, 0.1) is 0 Å². The number of aromatic nitrogens is 1. The lowest BCUT2D eigenvalue weighted by atomic mass is 10.2. The Morgan fingerprint density at radius 3 is 2.69 bits per heavy atom. The van der Waals surface area contributed by atoms with Gasteiger partial charge in [-0.2, -0.15) is 4.31 Å². The Morgan fingerprint density at radius 2 is 2.03 bits per heavy atom. The van der Waals surface area contributed by atoms with E-state index in [-0.39, 0.29) is 22.1 Å². The summed E-state index contributed by atoms with van der Waals surface area (Å²) in [5, 5.41) is 1.95. The van der Waals surface area contributed by atoms with Gasteiger partial charge in [0.05, 0.1) is 15.5 Å². The zero-order valence-electron chi connectivity index (χ0n) is 15.8. The summed E-state index contributed by atoms with van der Waals surface area (Å²) in [5.74, 6) is -0.233. The summed E-state index contributed by atoms with van der Waals surface area (Å²) in [6, 6.07) is 7.79. The van der Waals surface area contributed by atoms with Crippen molar-refractivity contribution in [2.45, 2.75) is 25.3 Å². The third kappa shape index (κ3) is 4.69. The van der Waals surface area contributed by atoms with Gasteiger partial charge in [0.1, 0.15) is 23.5 Å². The SMILES string of the molecule is CCN(CC)S(=O)(=O)c1cc(C(=O)OCc2coc(-c3cccs3)n2)ccc1Cl. The molecule has 0 atom stereocenters. The summed E-state index contributed by atoms with van der Waals surface area (Å²) in [6.07, 6.45) is 1.42. The van der Waals surface area contributed by atoms with E-state index in [4.69, 9.17) is 20.8 Å². The Morgan fingerprint density at radius 1 is 1.28 bits per heavy atom. The Bertz CT molecular complexity index is 1090. The summed E-state index contributed by atoms with van der Waals surface area (Å²) in [6.45, 7) is 3.95. The fourth-order valence-corrected chi connectivity index (χ4v) is 5.25. The highest BCUT2D eigenvalue weighted by atomic mass is 35.5. The minimum atomic E-state index is -3.81. The maximum absolute atomic E-state index is 12.8. The average molecular weight is 455 g/mol. The molecule has 29 heavy (non-hydrogen) atoms. The van der Waals surface area contributed by atoms with Crippen LogP contribution in [-0.4, -0.2) is 36.8 Å². The Labute approximate surface area is 177 Å². The van der Waals surface area contributed by atoms with Gasteiger partial charge in [0.15, 0.2) is 0 Å². The topological polar surface area (TPSA) is 89.7 Å². The maximum Gasteiger partial charge on any atom is 0.338 e. The number of nitrogens with zero attached hydrogens (tertiary/aromatic N) is 2. The molecule has 0 saturated heterocycles. The first kappa shape index (κ1) is 21.5. The summed E-state index contributed by atoms with van der Waals surface area (Å²) >= 11 is 7.57. The predicted molar refractivity (Wildman–Crippen MR) is 110 cm³/mol. The molecule has 0 saturated carbocycles. The van der Waals surface area contributed by atoms with E-state index in [0.717, 1.165) is 4.88 Å². The van der Waals surface area contributed by atoms with Gasteiger partial charge in [0.2, 0.25) is 15.9 Å². The number of esters is 1. The van der Waals surface area contributed by atoms with Gasteiger partial charge in [0.25, 0.3) is 0 Å². The molecule has 154 valence electrons. The van der Waals surface area contributed by atoms with E-state index in [2.05, 4.69) is 4.98 Å². The van der Waals surface area contributed by atoms with Crippen LogP contribution in [0.15, 0.2) is 51.3 Å². The lowest BCUT2D eigenvalue weighted by molar-refractivity contribution is 0.0467. The molecule has 0 amide bonds. The van der Waals surface area contributed by atoms with Gasteiger partial charge in [-0.1, -0.05) is 31.5 Å². The number of thiophene rings is 1. The molecule has 2 aromatic heterocycles. The van der Waals surface area contributed by atoms with Crippen LogP contribution in [0.5, 0.6) is 0 Å². The largest absolute Gasteiger partial charge is 0.455 e. The van der Waals surface area contributed by atoms with E-state index in [1.54, 1.807) is 13.8 Å². The van der Waals surface area contributed by atoms with Crippen LogP contribution in [0.1, 0.15) is 29.9 Å². The summed E-state index contributed by atoms with van der Waals surface area (Å²) in [5.41, 5.74) is 0.536. The third-order valence-corrected chi connectivity index (χ3v) is 7.51. The van der Waals surface area contributed by atoms with Crippen molar-refractivity contribution in [1.82, 2.24) is 9.29 Å². The lowest BCUT2D eigenvalue weighted by Gasteiger charge is -2.19. The van der Waals surface area contributed by atoms with Gasteiger partial charge in [-0.15, -0.1) is 11.3 Å². The quantitative estimate of drug-likeness (QED) is 0.467. The van der Waals surface area contributed by atoms with Gasteiger partial charge in [0, 0.05) is 13.1 Å². The highest BCUT2D eigenvalue weighted by Crippen LogP contribution is 2.27. The Hall–Kier alpha value is -2.20. The first-order valence-electron chi connectivity index (χ1n) is 8.82. The maximum atomic E-state index is 12.8. The van der Waals surface area contributed by atoms with Crippen molar-refractivity contribution in [1.29, 1.82) is 0 Å². The highest BCUT2D eigenvalue weighted by molar-refractivity contribution is 7.89. The minimum Gasteiger partial charge on any atom is -0.455 e. The van der Waals surface area contributed by atoms with Gasteiger partial charge >= 0.3 is 5.97 Å². The predicted octanol–water partition coefficient (Wildman–Crippen LogP) is 4.44. The molecular weight excluding hydrogens is 436 g/mol. The van der Waals surface area contributed by atoms with Crippen molar-refractivity contribution in [3.63, 3.8) is 0 Å². The fourth-order valence-electron chi connectivity index (χ4n) is 2.64. The molecule has 0 radical (unpaired) electrons. The molecule has 10 heteroatoms. The number of rotatable bonds is 8. The second-order valence-corrected chi connectivity index (χ2v) is 9.19. The fraction of sp³-hybridized carbons (Fsp3) is 0.263. The zero-order valence-corrected chi connectivity index (χ0v) is 18.2. The molecule has 0 fully saturated rings. The second-order valence-electron chi connectivity index (χ2n) is 5.93. The minimum absolute atomic E-state index is 0.0468. The molecule has 0 aliphatic carbocycles. The molecule has 0 N–H and O–H groups in total. The van der Waals surface area contributed by atoms with Crippen LogP contribution in [0.3, 0.4) is 0 Å². The van der Waals surface area contributed by atoms with Gasteiger partial charge < -0.3 is 9.15 Å². The number of carbonyl (C=O) groups is 1. The van der Waals surface area contributed by atoms with E-state index in [1.807, 2.05) is 17.5 Å². The molecule has 0 unspecified atom stereocenters. The lowest BCUT2D eigenvalue weighted by Crippen LogP contribution is -2.31. The van der Waals surface area contributed by atoms with E-state index in [9.17, 15) is 13.2 Å². The van der Waals surface area contributed by atoms with Crippen molar-refractivity contribution in [3.05, 3.63) is 58.3 Å². The zero-order chi connectivity index (χ0) is 21.0. The van der Waals surface area contributed by atoms with Crippen molar-refractivity contribution in [2.24, 2.45) is 0 Å². The molecular formula is C19H19ClN2O5S2. The van der Waals surface area contributed by atoms with Crippen LogP contribution >= 0.6 is 22.9 Å². The third-order valence-electron chi connectivity index (χ3n) is 4.12. The molecule has 0 aliphatic heterocycles. The molecule has 2 heterocycles. The Balaban J connectivity index is 1.75. The molecule has 1 aromatic carbocycles. The second kappa shape index (κ2) is 9.08. The average Bonchev–Trinajstić information content (AvgIpc) is 3.38. The van der Waals surface area contributed by atoms with Crippen molar-refractivity contribution >= 4 is 38.9 Å². The van der Waals surface area contributed by atoms with Crippen LogP contribution in [0.4, 0.5) is 0 Å². The van der Waals surface area contributed by atoms with E-state index in [0.29, 0.717) is 24.7 Å². The van der Waals surface area contributed by atoms with E-state index in [1.165, 1.54) is 40.1 Å². The molecule has 3 rings (SSSR count). The van der Waals surface area contributed by atoms with Crippen LogP contribution < -0.4 is 0 Å². The number of halogens is 1. The Kier molecular flexibility index (Phi) is 6.74. The van der Waals surface area contributed by atoms with Crippen molar-refractivity contribution < 1.29 is 22.4 Å². The van der Waals surface area contributed by atoms with Crippen LogP contribution in [0.2, 0.25) is 5.02 Å². The molecule has 0 spiro atoms. The number of benzene rings is 1. The number of hydrogen-bond acceptors (Lipinski definition) is 7. The van der Waals surface area contributed by atoms with Gasteiger partial charge in [-0.25, -0.2) is 18.2 Å². The summed E-state index contributed by atoms with van der Waals surface area (Å²) in [4.78, 5) is 17.4. The first-order valence-corrected chi connectivity index (χ1v) is 11.5. The van der Waals surface area contributed by atoms with E-state index < -0.39 is 16.0 Å². The van der Waals surface area contributed by atoms with Crippen molar-refractivity contribution in [3.8, 4) is 10.8 Å². The van der Waals surface area contributed by atoms with Crippen LogP contribution in [0.25, 0.3) is 10.8 Å². The van der Waals surface area contributed by atoms with Gasteiger partial charge in [-0.3, -0.25) is 0 Å². The number of sulfonamides is 1. The molecule has 3 aromatic rings. The molecule has 7 nitrogen and oxygen atoms in total. The standard InChI is InChI=1S/C19H19ClN2O5S2/c1-3-22(4-2)29(24,25)17-10-13(7-8-15(17)20)19(23)27-12-14-11-26-18(21-14)16-6-5-9-28-16/h5-11H,3-4,12H2,1-2H3. The number of carbonyl (C=O) groups excluding carboxylic acids is 1. The molecule has 0 bridgehead atoms. The number of hydrogen-bond donors (Lipinski definition) is 0.